The Hall–Kier alpha value is -0.650. The SMILES string of the molecule is CC1CN(C(=O)CN2C[C@@H]3CCCN[C@@H]3C2)CC(C)O1. The van der Waals surface area contributed by atoms with E-state index in [2.05, 4.69) is 10.2 Å². The molecule has 0 bridgehead atoms. The van der Waals surface area contributed by atoms with Gasteiger partial charge in [-0.2, -0.15) is 0 Å². The summed E-state index contributed by atoms with van der Waals surface area (Å²) in [5.74, 6) is 1.02. The summed E-state index contributed by atoms with van der Waals surface area (Å²) in [6.45, 7) is 9.40. The van der Waals surface area contributed by atoms with Gasteiger partial charge in [-0.05, 0) is 39.2 Å². The van der Waals surface area contributed by atoms with Gasteiger partial charge < -0.3 is 15.0 Å². The summed E-state index contributed by atoms with van der Waals surface area (Å²) in [4.78, 5) is 16.8. The molecule has 0 radical (unpaired) electrons. The number of morpholine rings is 1. The molecule has 3 aliphatic rings. The smallest absolute Gasteiger partial charge is 0.236 e. The molecule has 114 valence electrons. The van der Waals surface area contributed by atoms with Crippen LogP contribution in [-0.4, -0.2) is 73.2 Å². The van der Waals surface area contributed by atoms with Crippen molar-refractivity contribution in [2.75, 3.05) is 39.3 Å². The molecule has 0 aromatic heterocycles. The first-order valence-corrected chi connectivity index (χ1v) is 8.01. The van der Waals surface area contributed by atoms with Crippen molar-refractivity contribution in [3.05, 3.63) is 0 Å². The van der Waals surface area contributed by atoms with Crippen LogP contribution >= 0.6 is 0 Å². The highest BCUT2D eigenvalue weighted by atomic mass is 16.5. The molecule has 0 aromatic rings. The fourth-order valence-corrected chi connectivity index (χ4v) is 3.94. The Balaban J connectivity index is 1.51. The monoisotopic (exact) mass is 281 g/mol. The molecule has 0 aliphatic carbocycles. The van der Waals surface area contributed by atoms with Crippen LogP contribution in [0.3, 0.4) is 0 Å². The van der Waals surface area contributed by atoms with E-state index in [4.69, 9.17) is 4.74 Å². The third-order valence-electron chi connectivity index (χ3n) is 4.81. The highest BCUT2D eigenvalue weighted by molar-refractivity contribution is 5.78. The molecule has 3 rings (SSSR count). The Morgan fingerprint density at radius 3 is 2.65 bits per heavy atom. The molecule has 2 unspecified atom stereocenters. The molecule has 3 aliphatic heterocycles. The highest BCUT2D eigenvalue weighted by Gasteiger charge is 2.36. The lowest BCUT2D eigenvalue weighted by molar-refractivity contribution is -0.144. The molecule has 0 spiro atoms. The van der Waals surface area contributed by atoms with Gasteiger partial charge in [0.05, 0.1) is 18.8 Å². The first-order chi connectivity index (χ1) is 9.61. The van der Waals surface area contributed by atoms with Gasteiger partial charge in [0, 0.05) is 32.2 Å². The average Bonchev–Trinajstić information content (AvgIpc) is 2.79. The maximum Gasteiger partial charge on any atom is 0.236 e. The first-order valence-electron chi connectivity index (χ1n) is 8.01. The molecule has 1 N–H and O–H groups in total. The van der Waals surface area contributed by atoms with Gasteiger partial charge in [-0.15, -0.1) is 0 Å². The molecule has 4 atom stereocenters. The van der Waals surface area contributed by atoms with Gasteiger partial charge in [-0.3, -0.25) is 9.69 Å². The molecule has 5 nitrogen and oxygen atoms in total. The number of rotatable bonds is 2. The van der Waals surface area contributed by atoms with Crippen molar-refractivity contribution in [2.24, 2.45) is 5.92 Å². The first kappa shape index (κ1) is 14.3. The Morgan fingerprint density at radius 2 is 1.95 bits per heavy atom. The van der Waals surface area contributed by atoms with Gasteiger partial charge >= 0.3 is 0 Å². The summed E-state index contributed by atoms with van der Waals surface area (Å²) in [6.07, 6.45) is 2.91. The van der Waals surface area contributed by atoms with Crippen LogP contribution in [0.4, 0.5) is 0 Å². The van der Waals surface area contributed by atoms with Crippen molar-refractivity contribution in [3.63, 3.8) is 0 Å². The minimum Gasteiger partial charge on any atom is -0.372 e. The van der Waals surface area contributed by atoms with Gasteiger partial charge in [0.1, 0.15) is 0 Å². The van der Waals surface area contributed by atoms with Crippen molar-refractivity contribution < 1.29 is 9.53 Å². The number of carbonyl (C=O) groups is 1. The van der Waals surface area contributed by atoms with Crippen LogP contribution in [0.2, 0.25) is 0 Å². The summed E-state index contributed by atoms with van der Waals surface area (Å²) >= 11 is 0. The number of fused-ring (bicyclic) bond motifs is 1. The summed E-state index contributed by atoms with van der Waals surface area (Å²) in [7, 11) is 0. The van der Waals surface area contributed by atoms with E-state index in [0.717, 1.165) is 38.6 Å². The van der Waals surface area contributed by atoms with E-state index in [1.165, 1.54) is 12.8 Å². The molecule has 5 heteroatoms. The lowest BCUT2D eigenvalue weighted by atomic mass is 9.94. The van der Waals surface area contributed by atoms with Crippen molar-refractivity contribution in [3.8, 4) is 0 Å². The zero-order valence-corrected chi connectivity index (χ0v) is 12.7. The molecule has 0 saturated carbocycles. The second-order valence-electron chi connectivity index (χ2n) is 6.71. The standard InChI is InChI=1S/C15H27N3O2/c1-11-6-18(7-12(2)20-11)15(19)10-17-8-13-4-3-5-16-14(13)9-17/h11-14,16H,3-10H2,1-2H3/t11?,12?,13-,14+/m0/s1. The fraction of sp³-hybridized carbons (Fsp3) is 0.933. The minimum atomic E-state index is 0.158. The van der Waals surface area contributed by atoms with Crippen molar-refractivity contribution in [2.45, 2.75) is 44.9 Å². The summed E-state index contributed by atoms with van der Waals surface area (Å²) in [5, 5.41) is 3.59. The van der Waals surface area contributed by atoms with Crippen molar-refractivity contribution in [1.82, 2.24) is 15.1 Å². The van der Waals surface area contributed by atoms with E-state index >= 15 is 0 Å². The van der Waals surface area contributed by atoms with E-state index in [1.54, 1.807) is 0 Å². The van der Waals surface area contributed by atoms with Gasteiger partial charge in [0.15, 0.2) is 0 Å². The van der Waals surface area contributed by atoms with Gasteiger partial charge in [-0.1, -0.05) is 0 Å². The number of ether oxygens (including phenoxy) is 1. The lowest BCUT2D eigenvalue weighted by Crippen LogP contribution is -2.51. The minimum absolute atomic E-state index is 0.158. The third-order valence-corrected chi connectivity index (χ3v) is 4.81. The number of nitrogens with zero attached hydrogens (tertiary/aromatic N) is 2. The Bertz CT molecular complexity index is 339. The summed E-state index contributed by atoms with van der Waals surface area (Å²) < 4.78 is 5.70. The lowest BCUT2D eigenvalue weighted by Gasteiger charge is -2.36. The molecule has 20 heavy (non-hydrogen) atoms. The molecule has 1 amide bonds. The normalized spacial score (nSPS) is 38.8. The summed E-state index contributed by atoms with van der Waals surface area (Å²) in [6, 6.07) is 0.610. The van der Waals surface area contributed by atoms with Crippen molar-refractivity contribution in [1.29, 1.82) is 0 Å². The maximum atomic E-state index is 12.5. The van der Waals surface area contributed by atoms with Crippen molar-refractivity contribution >= 4 is 5.91 Å². The average molecular weight is 281 g/mol. The maximum absolute atomic E-state index is 12.5. The van der Waals surface area contributed by atoms with Gasteiger partial charge in [0.2, 0.25) is 5.91 Å². The molecular formula is C15H27N3O2. The second kappa shape index (κ2) is 6.00. The zero-order chi connectivity index (χ0) is 14.1. The van der Waals surface area contributed by atoms with E-state index in [9.17, 15) is 4.79 Å². The van der Waals surface area contributed by atoms with E-state index < -0.39 is 0 Å². The van der Waals surface area contributed by atoms with E-state index in [0.29, 0.717) is 12.6 Å². The molecule has 3 heterocycles. The Morgan fingerprint density at radius 1 is 1.20 bits per heavy atom. The number of hydrogen-bond acceptors (Lipinski definition) is 4. The number of amides is 1. The van der Waals surface area contributed by atoms with Crippen LogP contribution < -0.4 is 5.32 Å². The molecule has 0 aromatic carbocycles. The van der Waals surface area contributed by atoms with Gasteiger partial charge in [-0.25, -0.2) is 0 Å². The van der Waals surface area contributed by atoms with Crippen LogP contribution in [0.15, 0.2) is 0 Å². The van der Waals surface area contributed by atoms with E-state index in [1.807, 2.05) is 18.7 Å². The van der Waals surface area contributed by atoms with Crippen LogP contribution in [0.1, 0.15) is 26.7 Å². The molecule has 3 fully saturated rings. The van der Waals surface area contributed by atoms with Crippen LogP contribution in [0.25, 0.3) is 0 Å². The quantitative estimate of drug-likeness (QED) is 0.791. The molecular weight excluding hydrogens is 254 g/mol. The highest BCUT2D eigenvalue weighted by Crippen LogP contribution is 2.24. The predicted octanol–water partition coefficient (Wildman–Crippen LogP) is 0.306. The fourth-order valence-electron chi connectivity index (χ4n) is 3.94. The van der Waals surface area contributed by atoms with E-state index in [-0.39, 0.29) is 18.1 Å². The second-order valence-corrected chi connectivity index (χ2v) is 6.71. The largest absolute Gasteiger partial charge is 0.372 e. The number of piperidine rings is 1. The zero-order valence-electron chi connectivity index (χ0n) is 12.7. The van der Waals surface area contributed by atoms with Crippen LogP contribution in [-0.2, 0) is 9.53 Å². The van der Waals surface area contributed by atoms with Gasteiger partial charge in [0.25, 0.3) is 0 Å². The topological polar surface area (TPSA) is 44.8 Å². The summed E-state index contributed by atoms with van der Waals surface area (Å²) in [5.41, 5.74) is 0. The van der Waals surface area contributed by atoms with Crippen LogP contribution in [0.5, 0.6) is 0 Å². The number of hydrogen-bond donors (Lipinski definition) is 1. The third kappa shape index (κ3) is 3.15. The predicted molar refractivity (Wildman–Crippen MR) is 77.5 cm³/mol. The molecule has 3 saturated heterocycles. The Kier molecular flexibility index (Phi) is 4.29. The Labute approximate surface area is 121 Å². The number of nitrogens with one attached hydrogen (secondary N) is 1. The van der Waals surface area contributed by atoms with Crippen LogP contribution in [0, 0.1) is 5.92 Å². The number of carbonyl (C=O) groups excluding carboxylic acids is 1. The number of likely N-dealkylation sites (tertiary alicyclic amines) is 1.